The summed E-state index contributed by atoms with van der Waals surface area (Å²) >= 11 is 0.628. The van der Waals surface area contributed by atoms with Gasteiger partial charge < -0.3 is 9.80 Å². The van der Waals surface area contributed by atoms with Gasteiger partial charge in [-0.3, -0.25) is 4.79 Å². The molecule has 5 rings (SSSR count). The monoisotopic (exact) mass is 603 g/mol. The van der Waals surface area contributed by atoms with Crippen molar-refractivity contribution >= 4 is 43.9 Å². The van der Waals surface area contributed by atoms with Crippen molar-refractivity contribution in [2.75, 3.05) is 24.5 Å². The molecule has 0 bridgehead atoms. The van der Waals surface area contributed by atoms with Crippen LogP contribution in [0.4, 0.5) is 14.5 Å². The minimum atomic E-state index is -4.20. The van der Waals surface area contributed by atoms with Gasteiger partial charge in [0.2, 0.25) is 15.9 Å². The molecule has 12 nitrogen and oxygen atoms in total. The van der Waals surface area contributed by atoms with Gasteiger partial charge in [-0.15, -0.1) is 10.2 Å². The Morgan fingerprint density at radius 1 is 1.24 bits per heavy atom. The van der Waals surface area contributed by atoms with Crippen molar-refractivity contribution < 1.29 is 22.0 Å². The van der Waals surface area contributed by atoms with Crippen molar-refractivity contribution in [1.82, 2.24) is 29.6 Å². The number of anilines is 1. The molecule has 2 fully saturated rings. The van der Waals surface area contributed by atoms with Crippen molar-refractivity contribution in [3.05, 3.63) is 17.1 Å². The van der Waals surface area contributed by atoms with E-state index in [2.05, 4.69) is 20.0 Å². The Labute approximate surface area is 239 Å². The first-order valence-corrected chi connectivity index (χ1v) is 15.2. The van der Waals surface area contributed by atoms with Gasteiger partial charge in [-0.05, 0) is 31.9 Å². The average Bonchev–Trinajstić information content (AvgIpc) is 3.34. The number of carbonyl (C=O) groups is 1. The van der Waals surface area contributed by atoms with Gasteiger partial charge in [0.1, 0.15) is 17.8 Å². The van der Waals surface area contributed by atoms with Crippen LogP contribution < -0.4 is 9.62 Å². The second kappa shape index (κ2) is 10.6. The van der Waals surface area contributed by atoms with Crippen LogP contribution in [0.1, 0.15) is 45.0 Å². The molecule has 3 heterocycles. The molecule has 0 radical (unpaired) electrons. The van der Waals surface area contributed by atoms with E-state index in [0.29, 0.717) is 55.0 Å². The van der Waals surface area contributed by atoms with Crippen LogP contribution >= 0.6 is 11.3 Å². The van der Waals surface area contributed by atoms with E-state index in [1.54, 1.807) is 4.90 Å². The van der Waals surface area contributed by atoms with E-state index in [-0.39, 0.29) is 45.4 Å². The van der Waals surface area contributed by atoms with Crippen molar-refractivity contribution in [3.8, 4) is 22.8 Å². The van der Waals surface area contributed by atoms with Gasteiger partial charge in [0.15, 0.2) is 10.0 Å². The Hall–Kier alpha value is -3.73. The summed E-state index contributed by atoms with van der Waals surface area (Å²) < 4.78 is 57.6. The van der Waals surface area contributed by atoms with Crippen LogP contribution in [0.25, 0.3) is 21.6 Å². The number of nitriles is 2. The zero-order valence-electron chi connectivity index (χ0n) is 22.5. The fraction of sp³-hybridized carbons (Fsp3) is 0.520. The number of sulfonamides is 1. The maximum Gasteiger partial charge on any atom is 0.291 e. The lowest BCUT2D eigenvalue weighted by atomic mass is 10.1. The lowest BCUT2D eigenvalue weighted by molar-refractivity contribution is -0.136. The molecule has 1 atom stereocenters. The minimum absolute atomic E-state index is 0.0111. The summed E-state index contributed by atoms with van der Waals surface area (Å²) in [4.78, 5) is 16.3. The first kappa shape index (κ1) is 28.8. The summed E-state index contributed by atoms with van der Waals surface area (Å²) in [6.07, 6.45) is -2.09. The molecular formula is C25H27F2N9O3S2. The maximum atomic E-state index is 13.5. The highest BCUT2D eigenvalue weighted by atomic mass is 32.2. The summed E-state index contributed by atoms with van der Waals surface area (Å²) in [5, 5.41) is 30.8. The molecule has 3 aromatic rings. The number of aromatic nitrogens is 4. The third kappa shape index (κ3) is 5.35. The van der Waals surface area contributed by atoms with Crippen LogP contribution in [0.3, 0.4) is 0 Å². The van der Waals surface area contributed by atoms with E-state index < -0.39 is 27.0 Å². The molecular weight excluding hydrogens is 576 g/mol. The molecule has 1 saturated carbocycles. The molecule has 2 aromatic heterocycles. The van der Waals surface area contributed by atoms with Gasteiger partial charge in [0.05, 0.1) is 28.2 Å². The van der Waals surface area contributed by atoms with Gasteiger partial charge in [0.25, 0.3) is 6.43 Å². The third-order valence-corrected chi connectivity index (χ3v) is 9.65. The molecule has 0 spiro atoms. The number of rotatable bonds is 8. The highest BCUT2D eigenvalue weighted by Gasteiger charge is 2.47. The van der Waals surface area contributed by atoms with Crippen molar-refractivity contribution in [2.45, 2.75) is 63.1 Å². The van der Waals surface area contributed by atoms with Gasteiger partial charge >= 0.3 is 0 Å². The second-order valence-electron chi connectivity index (χ2n) is 10.5. The lowest BCUT2D eigenvalue weighted by Gasteiger charge is -2.42. The van der Waals surface area contributed by atoms with Gasteiger partial charge in [-0.1, -0.05) is 25.2 Å². The fourth-order valence-corrected chi connectivity index (χ4v) is 7.06. The van der Waals surface area contributed by atoms with Crippen LogP contribution in [0, 0.1) is 28.6 Å². The Morgan fingerprint density at radius 3 is 2.54 bits per heavy atom. The standard InChI is InChI=1S/C25H27F2N9O3S2/c1-14(2)24(37)35-9-8-34(12-15(35)3)18-11-16(41(38,39)33-25(13-29)4-5-25)10-17-19(32-36(7-6-28)20(17)18)22-30-31-23(40-22)21(26)27/h10-11,14-15,21,33H,4-5,7-9,12H2,1-3H3/t15-/m1/s1. The van der Waals surface area contributed by atoms with Crippen LogP contribution in [0.5, 0.6) is 0 Å². The molecule has 0 unspecified atom stereocenters. The highest BCUT2D eigenvalue weighted by Crippen LogP contribution is 2.41. The van der Waals surface area contributed by atoms with Gasteiger partial charge in [-0.25, -0.2) is 21.9 Å². The molecule has 1 aliphatic heterocycles. The largest absolute Gasteiger partial charge is 0.366 e. The first-order valence-electron chi connectivity index (χ1n) is 12.9. The van der Waals surface area contributed by atoms with Gasteiger partial charge in [-0.2, -0.15) is 20.3 Å². The number of hydrogen-bond acceptors (Lipinski definition) is 10. The molecule has 216 valence electrons. The molecule has 1 saturated heterocycles. The summed E-state index contributed by atoms with van der Waals surface area (Å²) in [5.41, 5.74) is -0.196. The Bertz CT molecular complexity index is 1700. The van der Waals surface area contributed by atoms with Crippen molar-refractivity contribution in [2.24, 2.45) is 5.92 Å². The highest BCUT2D eigenvalue weighted by molar-refractivity contribution is 7.89. The summed E-state index contributed by atoms with van der Waals surface area (Å²) in [7, 11) is -4.20. The first-order chi connectivity index (χ1) is 19.4. The second-order valence-corrected chi connectivity index (χ2v) is 13.2. The number of nitrogens with one attached hydrogen (secondary N) is 1. The molecule has 16 heteroatoms. The maximum absolute atomic E-state index is 13.5. The normalized spacial score (nSPS) is 18.6. The SMILES string of the molecule is CC(C)C(=O)N1CCN(c2cc(S(=O)(=O)NC3(C#N)CC3)cc3c(-c4nnc(C(F)F)s4)nn(CC#N)c23)C[C@H]1C. The number of piperazine rings is 1. The van der Waals surface area contributed by atoms with E-state index in [9.17, 15) is 32.5 Å². The molecule has 1 amide bonds. The fourth-order valence-electron chi connectivity index (χ4n) is 4.94. The number of hydrogen-bond donors (Lipinski definition) is 1. The van der Waals surface area contributed by atoms with Crippen LogP contribution in [0.2, 0.25) is 0 Å². The number of carbonyl (C=O) groups excluding carboxylic acids is 1. The average molecular weight is 604 g/mol. The number of alkyl halides is 2. The van der Waals surface area contributed by atoms with Gasteiger partial charge in [0, 0.05) is 37.0 Å². The number of benzene rings is 1. The quantitative estimate of drug-likeness (QED) is 0.408. The summed E-state index contributed by atoms with van der Waals surface area (Å²) in [6.45, 7) is 6.49. The van der Waals surface area contributed by atoms with Crippen LogP contribution in [-0.4, -0.2) is 70.4 Å². The van der Waals surface area contributed by atoms with Crippen LogP contribution in [0.15, 0.2) is 17.0 Å². The zero-order valence-corrected chi connectivity index (χ0v) is 24.1. The van der Waals surface area contributed by atoms with E-state index in [1.165, 1.54) is 16.8 Å². The molecule has 1 N–H and O–H groups in total. The molecule has 1 aromatic carbocycles. The number of amides is 1. The molecule has 2 aliphatic rings. The third-order valence-electron chi connectivity index (χ3n) is 7.20. The smallest absolute Gasteiger partial charge is 0.291 e. The Kier molecular flexibility index (Phi) is 7.44. The number of halogens is 2. The van der Waals surface area contributed by atoms with E-state index in [1.807, 2.05) is 37.8 Å². The number of fused-ring (bicyclic) bond motifs is 1. The van der Waals surface area contributed by atoms with Crippen molar-refractivity contribution in [1.29, 1.82) is 10.5 Å². The predicted octanol–water partition coefficient (Wildman–Crippen LogP) is 3.04. The lowest BCUT2D eigenvalue weighted by Crippen LogP contribution is -2.55. The van der Waals surface area contributed by atoms with Crippen LogP contribution in [-0.2, 0) is 21.4 Å². The summed E-state index contributed by atoms with van der Waals surface area (Å²) in [6, 6.07) is 6.68. The molecule has 1 aliphatic carbocycles. The zero-order chi connectivity index (χ0) is 29.7. The van der Waals surface area contributed by atoms with E-state index in [0.717, 1.165) is 0 Å². The van der Waals surface area contributed by atoms with Crippen molar-refractivity contribution in [3.63, 3.8) is 0 Å². The summed E-state index contributed by atoms with van der Waals surface area (Å²) in [5.74, 6) is -0.174. The van der Waals surface area contributed by atoms with E-state index in [4.69, 9.17) is 0 Å². The Balaban J connectivity index is 1.69. The predicted molar refractivity (Wildman–Crippen MR) is 145 cm³/mol. The number of nitrogens with zero attached hydrogens (tertiary/aromatic N) is 8. The van der Waals surface area contributed by atoms with E-state index >= 15 is 0 Å². The minimum Gasteiger partial charge on any atom is -0.366 e. The Morgan fingerprint density at radius 2 is 1.98 bits per heavy atom. The topological polar surface area (TPSA) is 161 Å². The molecule has 41 heavy (non-hydrogen) atoms.